The lowest BCUT2D eigenvalue weighted by Gasteiger charge is -2.36. The molecule has 2 aliphatic heterocycles. The summed E-state index contributed by atoms with van der Waals surface area (Å²) in [6.45, 7) is 5.78. The first-order valence-corrected chi connectivity index (χ1v) is 12.1. The molecule has 2 N–H and O–H groups in total. The molecule has 4 rings (SSSR count). The van der Waals surface area contributed by atoms with Gasteiger partial charge in [-0.3, -0.25) is 4.31 Å². The largest absolute Gasteiger partial charge is 0.497 e. The van der Waals surface area contributed by atoms with E-state index < -0.39 is 22.2 Å². The number of aliphatic carboxylic acids is 1. The molecule has 0 atom stereocenters. The summed E-state index contributed by atoms with van der Waals surface area (Å²) in [5.74, 6) is -1.54. The van der Waals surface area contributed by atoms with Crippen LogP contribution in [0.2, 0.25) is 0 Å². The minimum Gasteiger partial charge on any atom is -0.497 e. The number of methoxy groups -OCH3 is 1. The molecule has 0 aromatic heterocycles. The van der Waals surface area contributed by atoms with E-state index in [9.17, 15) is 21.6 Å². The van der Waals surface area contributed by atoms with E-state index in [-0.39, 0.29) is 6.54 Å². The van der Waals surface area contributed by atoms with Crippen molar-refractivity contribution < 1.29 is 41.0 Å². The number of hydrogen-bond acceptors (Lipinski definition) is 7. The Kier molecular flexibility index (Phi) is 8.00. The van der Waals surface area contributed by atoms with Gasteiger partial charge in [-0.1, -0.05) is 18.2 Å². The number of sulfonamides is 1. The average molecular weight is 518 g/mol. The number of nitrogens with one attached hydrogen (secondary N) is 1. The molecule has 0 radical (unpaired) electrons. The van der Waals surface area contributed by atoms with E-state index >= 15 is 0 Å². The van der Waals surface area contributed by atoms with E-state index in [4.69, 9.17) is 19.4 Å². The lowest BCUT2D eigenvalue weighted by Crippen LogP contribution is -2.44. The Hall–Kier alpha value is -3.19. The Balaban J connectivity index is 0.000000429. The molecule has 192 valence electrons. The third kappa shape index (κ3) is 5.90. The minimum absolute atomic E-state index is 0.262. The van der Waals surface area contributed by atoms with Crippen LogP contribution in [0.15, 0.2) is 41.3 Å². The van der Waals surface area contributed by atoms with Gasteiger partial charge >= 0.3 is 12.1 Å². The number of halogens is 3. The van der Waals surface area contributed by atoms with E-state index in [1.165, 1.54) is 4.31 Å². The number of carbonyl (C=O) groups is 1. The molecule has 0 saturated carbocycles. The molecule has 0 unspecified atom stereocenters. The molecule has 2 heterocycles. The van der Waals surface area contributed by atoms with Crippen LogP contribution in [0, 0.1) is 6.92 Å². The van der Waals surface area contributed by atoms with Crippen molar-refractivity contribution in [3.8, 4) is 11.5 Å². The Labute approximate surface area is 201 Å². The van der Waals surface area contributed by atoms with Crippen LogP contribution in [0.4, 0.5) is 24.5 Å². The minimum atomic E-state index is -5.08. The summed E-state index contributed by atoms with van der Waals surface area (Å²) in [5.41, 5.74) is 2.13. The summed E-state index contributed by atoms with van der Waals surface area (Å²) < 4.78 is 71.6. The van der Waals surface area contributed by atoms with Crippen molar-refractivity contribution in [1.82, 2.24) is 5.32 Å². The van der Waals surface area contributed by atoms with Gasteiger partial charge in [-0.25, -0.2) is 13.2 Å². The number of aryl methyl sites for hydroxylation is 1. The van der Waals surface area contributed by atoms with Crippen molar-refractivity contribution >= 4 is 27.4 Å². The van der Waals surface area contributed by atoms with Gasteiger partial charge in [-0.15, -0.1) is 0 Å². The lowest BCUT2D eigenvalue weighted by atomic mass is 10.1. The smallest absolute Gasteiger partial charge is 0.490 e. The highest BCUT2D eigenvalue weighted by atomic mass is 32.2. The first-order valence-electron chi connectivity index (χ1n) is 10.7. The number of nitrogens with zero attached hydrogens (tertiary/aromatic N) is 2. The van der Waals surface area contributed by atoms with Gasteiger partial charge in [0.05, 0.1) is 29.9 Å². The molecule has 0 spiro atoms. The second-order valence-corrected chi connectivity index (χ2v) is 9.56. The maximum absolute atomic E-state index is 13.5. The van der Waals surface area contributed by atoms with Crippen molar-refractivity contribution in [3.05, 3.63) is 42.0 Å². The molecular weight excluding hydrogens is 491 g/mol. The molecule has 0 aliphatic carbocycles. The van der Waals surface area contributed by atoms with E-state index in [0.717, 1.165) is 37.4 Å². The SMILES string of the molecule is COc1cc(N2CCNCC2)c2c(c1)N(S(=O)(=O)c1ccccc1C)CCO2.O=C(O)C(F)(F)F. The molecular formula is C22H26F3N3O6S. The standard InChI is InChI=1S/C20H25N3O4S.C2HF3O2/c1-15-5-3-4-6-19(15)28(24,25)23-11-12-27-20-17(22-9-7-21-8-10-22)13-16(26-2)14-18(20)23;3-2(4,5)1(6)7/h3-6,13-14,21H,7-12H2,1-2H3;(H,6,7). The summed E-state index contributed by atoms with van der Waals surface area (Å²) in [6.07, 6.45) is -5.08. The van der Waals surface area contributed by atoms with E-state index in [0.29, 0.717) is 28.7 Å². The van der Waals surface area contributed by atoms with Crippen LogP contribution in [-0.4, -0.2) is 72.1 Å². The van der Waals surface area contributed by atoms with Crippen molar-refractivity contribution in [2.45, 2.75) is 18.0 Å². The summed E-state index contributed by atoms with van der Waals surface area (Å²) in [6, 6.07) is 10.7. The van der Waals surface area contributed by atoms with Gasteiger partial charge in [0.1, 0.15) is 12.4 Å². The van der Waals surface area contributed by atoms with Gasteiger partial charge in [0.2, 0.25) is 0 Å². The molecule has 2 aliphatic rings. The monoisotopic (exact) mass is 517 g/mol. The van der Waals surface area contributed by atoms with Gasteiger partial charge in [-0.2, -0.15) is 13.2 Å². The Morgan fingerprint density at radius 1 is 1.11 bits per heavy atom. The van der Waals surface area contributed by atoms with Gasteiger partial charge in [0.15, 0.2) is 5.75 Å². The summed E-state index contributed by atoms with van der Waals surface area (Å²) >= 11 is 0. The first kappa shape index (κ1) is 26.4. The maximum Gasteiger partial charge on any atom is 0.490 e. The third-order valence-corrected chi connectivity index (χ3v) is 7.40. The normalized spacial score (nSPS) is 15.9. The fourth-order valence-electron chi connectivity index (χ4n) is 3.73. The van der Waals surface area contributed by atoms with Gasteiger partial charge in [0, 0.05) is 38.3 Å². The molecule has 1 saturated heterocycles. The van der Waals surface area contributed by atoms with Gasteiger partial charge in [0.25, 0.3) is 10.0 Å². The van der Waals surface area contributed by atoms with Crippen LogP contribution in [0.5, 0.6) is 11.5 Å². The number of rotatable bonds is 4. The van der Waals surface area contributed by atoms with Crippen LogP contribution in [0.1, 0.15) is 5.56 Å². The Morgan fingerprint density at radius 3 is 2.29 bits per heavy atom. The molecule has 9 nitrogen and oxygen atoms in total. The second-order valence-electron chi connectivity index (χ2n) is 7.73. The topological polar surface area (TPSA) is 108 Å². The lowest BCUT2D eigenvalue weighted by molar-refractivity contribution is -0.192. The Bertz CT molecular complexity index is 1170. The highest BCUT2D eigenvalue weighted by Crippen LogP contribution is 2.45. The molecule has 13 heteroatoms. The number of fused-ring (bicyclic) bond motifs is 1. The van der Waals surface area contributed by atoms with Crippen molar-refractivity contribution in [2.24, 2.45) is 0 Å². The second kappa shape index (κ2) is 10.6. The number of hydrogen-bond donors (Lipinski definition) is 2. The van der Waals surface area contributed by atoms with Crippen molar-refractivity contribution in [2.75, 3.05) is 55.6 Å². The first-order chi connectivity index (χ1) is 16.5. The number of anilines is 2. The molecule has 2 aromatic carbocycles. The van der Waals surface area contributed by atoms with Crippen LogP contribution in [-0.2, 0) is 14.8 Å². The van der Waals surface area contributed by atoms with Gasteiger partial charge < -0.3 is 24.8 Å². The van der Waals surface area contributed by atoms with Crippen LogP contribution in [0.3, 0.4) is 0 Å². The third-order valence-electron chi connectivity index (χ3n) is 5.43. The summed E-state index contributed by atoms with van der Waals surface area (Å²) in [5, 5.41) is 10.5. The summed E-state index contributed by atoms with van der Waals surface area (Å²) in [7, 11) is -2.12. The zero-order valence-corrected chi connectivity index (χ0v) is 19.9. The van der Waals surface area contributed by atoms with Gasteiger partial charge in [-0.05, 0) is 18.6 Å². The fourth-order valence-corrected chi connectivity index (χ4v) is 5.40. The highest BCUT2D eigenvalue weighted by Gasteiger charge is 2.38. The number of carboxylic acid groups (broad SMARTS) is 1. The van der Waals surface area contributed by atoms with Crippen molar-refractivity contribution in [3.63, 3.8) is 0 Å². The Morgan fingerprint density at radius 2 is 1.71 bits per heavy atom. The van der Waals surface area contributed by atoms with Crippen LogP contribution >= 0.6 is 0 Å². The number of carboxylic acids is 1. The van der Waals surface area contributed by atoms with E-state index in [1.807, 2.05) is 25.1 Å². The molecule has 1 fully saturated rings. The number of ether oxygens (including phenoxy) is 2. The molecule has 2 aromatic rings. The zero-order valence-electron chi connectivity index (χ0n) is 19.1. The maximum atomic E-state index is 13.5. The quantitative estimate of drug-likeness (QED) is 0.638. The predicted molar refractivity (Wildman–Crippen MR) is 123 cm³/mol. The van der Waals surface area contributed by atoms with Crippen LogP contribution in [0.25, 0.3) is 0 Å². The van der Waals surface area contributed by atoms with Crippen LogP contribution < -0.4 is 24.0 Å². The number of alkyl halides is 3. The summed E-state index contributed by atoms with van der Waals surface area (Å²) in [4.78, 5) is 11.4. The molecule has 0 amide bonds. The molecule has 0 bridgehead atoms. The average Bonchev–Trinajstić information content (AvgIpc) is 2.83. The fraction of sp³-hybridized carbons (Fsp3) is 0.409. The van der Waals surface area contributed by atoms with Crippen molar-refractivity contribution in [1.29, 1.82) is 0 Å². The zero-order chi connectivity index (χ0) is 25.8. The molecule has 35 heavy (non-hydrogen) atoms. The highest BCUT2D eigenvalue weighted by molar-refractivity contribution is 7.92. The van der Waals surface area contributed by atoms with E-state index in [2.05, 4.69) is 10.2 Å². The van der Waals surface area contributed by atoms with E-state index in [1.54, 1.807) is 25.3 Å². The number of benzene rings is 2. The number of piperazine rings is 1. The predicted octanol–water partition coefficient (Wildman–Crippen LogP) is 2.63.